The molecule has 3 N–H and O–H groups in total. The lowest BCUT2D eigenvalue weighted by atomic mass is 9.77. The van der Waals surface area contributed by atoms with Gasteiger partial charge >= 0.3 is 0 Å². The maximum Gasteiger partial charge on any atom is 0.278 e. The zero-order valence-corrected chi connectivity index (χ0v) is 20.0. The molecule has 0 atom stereocenters. The zero-order chi connectivity index (χ0) is 24.2. The van der Waals surface area contributed by atoms with Crippen molar-refractivity contribution in [2.24, 2.45) is 0 Å². The van der Waals surface area contributed by atoms with Crippen LogP contribution in [0.1, 0.15) is 56.0 Å². The van der Waals surface area contributed by atoms with Crippen LogP contribution in [0.15, 0.2) is 47.4 Å². The molecule has 4 heterocycles. The maximum absolute atomic E-state index is 13.3. The number of benzene rings is 1. The van der Waals surface area contributed by atoms with Gasteiger partial charge < -0.3 is 15.7 Å². The topological polar surface area (TPSA) is 110 Å². The Hall–Kier alpha value is -3.56. The summed E-state index contributed by atoms with van der Waals surface area (Å²) in [6.07, 6.45) is 4.96. The molecule has 180 valence electrons. The standard InChI is InChI=1S/C26H29N7O2/c1-16(2)32-24(34)20-15-28-25(29-19-8-7-17-9-12-27-14-18(17)13-19)31-23(20)33(32)22-6-3-5-21(30-22)26(35)10-4-11-26/h3,5-8,13,15-16,27,35H,4,9-12,14H2,1-2H3,(H,28,29,31). The number of anilines is 2. The highest BCUT2D eigenvalue weighted by Crippen LogP contribution is 2.40. The molecule has 0 unspecified atom stereocenters. The highest BCUT2D eigenvalue weighted by Gasteiger charge is 2.38. The molecule has 0 saturated heterocycles. The molecule has 4 aromatic rings. The van der Waals surface area contributed by atoms with E-state index in [1.807, 2.05) is 38.1 Å². The molecule has 0 radical (unpaired) electrons. The number of nitrogens with zero attached hydrogens (tertiary/aromatic N) is 5. The van der Waals surface area contributed by atoms with Gasteiger partial charge in [-0.05, 0) is 81.5 Å². The zero-order valence-electron chi connectivity index (χ0n) is 20.0. The number of nitrogens with one attached hydrogen (secondary N) is 2. The van der Waals surface area contributed by atoms with Gasteiger partial charge in [0.25, 0.3) is 5.56 Å². The number of hydrogen-bond donors (Lipinski definition) is 3. The van der Waals surface area contributed by atoms with Crippen LogP contribution in [0.3, 0.4) is 0 Å². The van der Waals surface area contributed by atoms with E-state index < -0.39 is 5.60 Å². The first-order valence-electron chi connectivity index (χ1n) is 12.2. The van der Waals surface area contributed by atoms with Crippen LogP contribution in [-0.4, -0.2) is 36.0 Å². The van der Waals surface area contributed by atoms with Crippen molar-refractivity contribution < 1.29 is 5.11 Å². The number of hydrogen-bond acceptors (Lipinski definition) is 7. The Morgan fingerprint density at radius 3 is 2.77 bits per heavy atom. The van der Waals surface area contributed by atoms with Gasteiger partial charge in [-0.15, -0.1) is 0 Å². The Morgan fingerprint density at radius 2 is 2.00 bits per heavy atom. The molecule has 1 fully saturated rings. The number of pyridine rings is 1. The number of aromatic nitrogens is 5. The van der Waals surface area contributed by atoms with Crippen LogP contribution < -0.4 is 16.2 Å². The van der Waals surface area contributed by atoms with E-state index in [-0.39, 0.29) is 11.6 Å². The summed E-state index contributed by atoms with van der Waals surface area (Å²) >= 11 is 0. The minimum atomic E-state index is -0.898. The second-order valence-electron chi connectivity index (χ2n) is 9.79. The molecule has 0 amide bonds. The minimum absolute atomic E-state index is 0.126. The molecule has 3 aromatic heterocycles. The van der Waals surface area contributed by atoms with E-state index in [1.54, 1.807) is 15.6 Å². The van der Waals surface area contributed by atoms with Crippen molar-refractivity contribution in [2.75, 3.05) is 11.9 Å². The molecule has 1 aliphatic carbocycles. The van der Waals surface area contributed by atoms with Gasteiger partial charge in [0.15, 0.2) is 11.5 Å². The Morgan fingerprint density at radius 1 is 1.14 bits per heavy atom. The first kappa shape index (κ1) is 21.9. The molecule has 35 heavy (non-hydrogen) atoms. The molecular weight excluding hydrogens is 442 g/mol. The number of fused-ring (bicyclic) bond motifs is 2. The molecular formula is C26H29N7O2. The molecule has 9 nitrogen and oxygen atoms in total. The normalized spacial score (nSPS) is 16.8. The van der Waals surface area contributed by atoms with Gasteiger partial charge in [-0.1, -0.05) is 12.1 Å². The van der Waals surface area contributed by atoms with E-state index in [0.717, 1.165) is 31.6 Å². The van der Waals surface area contributed by atoms with Gasteiger partial charge in [0.2, 0.25) is 5.95 Å². The van der Waals surface area contributed by atoms with Gasteiger partial charge in [-0.2, -0.15) is 4.98 Å². The van der Waals surface area contributed by atoms with Crippen LogP contribution in [0.25, 0.3) is 16.9 Å². The SMILES string of the molecule is CC(C)n1c(=O)c2cnc(Nc3ccc4c(c3)CNCC4)nc2n1-c1cccc(C2(O)CCC2)n1. The fourth-order valence-electron chi connectivity index (χ4n) is 5.00. The van der Waals surface area contributed by atoms with Crippen molar-refractivity contribution in [1.29, 1.82) is 0 Å². The summed E-state index contributed by atoms with van der Waals surface area (Å²) < 4.78 is 3.39. The molecule has 9 heteroatoms. The van der Waals surface area contributed by atoms with Gasteiger partial charge in [-0.3, -0.25) is 4.79 Å². The fourth-order valence-corrected chi connectivity index (χ4v) is 5.00. The fraction of sp³-hybridized carbons (Fsp3) is 0.385. The van der Waals surface area contributed by atoms with Crippen LogP contribution in [0, 0.1) is 0 Å². The van der Waals surface area contributed by atoms with E-state index in [9.17, 15) is 9.90 Å². The maximum atomic E-state index is 13.3. The Balaban J connectivity index is 1.45. The summed E-state index contributed by atoms with van der Waals surface area (Å²) in [5.74, 6) is 0.956. The van der Waals surface area contributed by atoms with E-state index in [0.29, 0.717) is 41.3 Å². The second-order valence-corrected chi connectivity index (χ2v) is 9.79. The third-order valence-electron chi connectivity index (χ3n) is 7.07. The van der Waals surface area contributed by atoms with Crippen LogP contribution in [-0.2, 0) is 18.6 Å². The van der Waals surface area contributed by atoms with Gasteiger partial charge in [0, 0.05) is 24.5 Å². The molecule has 1 saturated carbocycles. The molecule has 1 aliphatic heterocycles. The highest BCUT2D eigenvalue weighted by atomic mass is 16.3. The van der Waals surface area contributed by atoms with E-state index >= 15 is 0 Å². The smallest absolute Gasteiger partial charge is 0.278 e. The van der Waals surface area contributed by atoms with Crippen molar-refractivity contribution >= 4 is 22.7 Å². The first-order valence-corrected chi connectivity index (χ1v) is 12.2. The van der Waals surface area contributed by atoms with Gasteiger partial charge in [0.1, 0.15) is 11.0 Å². The van der Waals surface area contributed by atoms with Crippen molar-refractivity contribution in [1.82, 2.24) is 29.6 Å². The monoisotopic (exact) mass is 471 g/mol. The predicted octanol–water partition coefficient (Wildman–Crippen LogP) is 3.32. The molecule has 2 aliphatic rings. The molecule has 0 spiro atoms. The van der Waals surface area contributed by atoms with Crippen LogP contribution in [0.2, 0.25) is 0 Å². The lowest BCUT2D eigenvalue weighted by Gasteiger charge is -2.36. The second kappa shape index (κ2) is 8.28. The Kier molecular flexibility index (Phi) is 5.19. The van der Waals surface area contributed by atoms with Crippen LogP contribution >= 0.6 is 0 Å². The number of rotatable bonds is 5. The lowest BCUT2D eigenvalue weighted by Crippen LogP contribution is -2.35. The van der Waals surface area contributed by atoms with Crippen LogP contribution in [0.4, 0.5) is 11.6 Å². The van der Waals surface area contributed by atoms with E-state index in [4.69, 9.17) is 9.97 Å². The third kappa shape index (κ3) is 3.71. The molecule has 1 aromatic carbocycles. The first-order chi connectivity index (χ1) is 16.9. The lowest BCUT2D eigenvalue weighted by molar-refractivity contribution is -0.0426. The summed E-state index contributed by atoms with van der Waals surface area (Å²) in [7, 11) is 0. The average Bonchev–Trinajstić information content (AvgIpc) is 3.14. The summed E-state index contributed by atoms with van der Waals surface area (Å²) in [6, 6.07) is 11.7. The van der Waals surface area contributed by atoms with E-state index in [2.05, 4.69) is 27.8 Å². The molecule has 0 bridgehead atoms. The predicted molar refractivity (Wildman–Crippen MR) is 134 cm³/mol. The summed E-state index contributed by atoms with van der Waals surface area (Å²) in [4.78, 5) is 27.3. The molecule has 6 rings (SSSR count). The van der Waals surface area contributed by atoms with E-state index in [1.165, 1.54) is 11.1 Å². The Bertz CT molecular complexity index is 1480. The summed E-state index contributed by atoms with van der Waals surface area (Å²) in [5, 5.41) is 18.0. The summed E-state index contributed by atoms with van der Waals surface area (Å²) in [5.41, 5.74) is 3.55. The van der Waals surface area contributed by atoms with Crippen molar-refractivity contribution in [3.8, 4) is 5.82 Å². The quantitative estimate of drug-likeness (QED) is 0.410. The van der Waals surface area contributed by atoms with Crippen molar-refractivity contribution in [2.45, 2.75) is 57.7 Å². The van der Waals surface area contributed by atoms with Crippen LogP contribution in [0.5, 0.6) is 0 Å². The van der Waals surface area contributed by atoms with Gasteiger partial charge in [-0.25, -0.2) is 19.3 Å². The number of aliphatic hydroxyl groups is 1. The summed E-state index contributed by atoms with van der Waals surface area (Å²) in [6.45, 7) is 5.74. The average molecular weight is 472 g/mol. The van der Waals surface area contributed by atoms with Crippen molar-refractivity contribution in [3.63, 3.8) is 0 Å². The van der Waals surface area contributed by atoms with Gasteiger partial charge in [0.05, 0.1) is 5.69 Å². The van der Waals surface area contributed by atoms with Crippen molar-refractivity contribution in [3.05, 3.63) is 69.8 Å². The largest absolute Gasteiger partial charge is 0.384 e. The minimum Gasteiger partial charge on any atom is -0.384 e. The highest BCUT2D eigenvalue weighted by molar-refractivity contribution is 5.77. The third-order valence-corrected chi connectivity index (χ3v) is 7.07. The Labute approximate surface area is 202 Å².